The number of nitrogens with one attached hydrogen (secondary N) is 1. The van der Waals surface area contributed by atoms with Crippen LogP contribution in [0.4, 0.5) is 0 Å². The van der Waals surface area contributed by atoms with Crippen molar-refractivity contribution in [3.63, 3.8) is 0 Å². The Balaban J connectivity index is 2.31. The molecule has 1 aliphatic carbocycles. The van der Waals surface area contributed by atoms with Gasteiger partial charge >= 0.3 is 0 Å². The monoisotopic (exact) mass is 268 g/mol. The fraction of sp³-hybridized carbons (Fsp3) is 0.571. The molecule has 20 heavy (non-hydrogen) atoms. The lowest BCUT2D eigenvalue weighted by atomic mass is 9.79. The maximum absolute atomic E-state index is 9.46. The molecule has 1 N–H and O–H groups in total. The van der Waals surface area contributed by atoms with Crippen molar-refractivity contribution in [3.8, 4) is 18.2 Å². The standard InChI is InChI=1S/C14H16N6/c1-2-19-14(9-17)5-3-4-11(6-14)20-10-18-12(7-15)13(20)8-16/h10-11,19H,2-6H2,1H3. The van der Waals surface area contributed by atoms with Gasteiger partial charge in [0.15, 0.2) is 11.4 Å². The quantitative estimate of drug-likeness (QED) is 0.897. The number of aromatic nitrogens is 2. The SMILES string of the molecule is CCNC1(C#N)CCCC(n2cnc(C#N)c2C#N)C1. The van der Waals surface area contributed by atoms with E-state index < -0.39 is 5.54 Å². The van der Waals surface area contributed by atoms with Gasteiger partial charge in [0, 0.05) is 6.04 Å². The minimum atomic E-state index is -0.540. The van der Waals surface area contributed by atoms with E-state index in [4.69, 9.17) is 5.26 Å². The van der Waals surface area contributed by atoms with E-state index in [-0.39, 0.29) is 11.7 Å². The third-order valence-electron chi connectivity index (χ3n) is 3.85. The number of nitriles is 3. The van der Waals surface area contributed by atoms with E-state index in [1.807, 2.05) is 19.1 Å². The maximum Gasteiger partial charge on any atom is 0.176 e. The molecule has 0 spiro atoms. The maximum atomic E-state index is 9.46. The number of hydrogen-bond acceptors (Lipinski definition) is 5. The van der Waals surface area contributed by atoms with E-state index in [0.29, 0.717) is 12.1 Å². The molecule has 2 atom stereocenters. The zero-order chi connectivity index (χ0) is 14.6. The van der Waals surface area contributed by atoms with Crippen LogP contribution >= 0.6 is 0 Å². The van der Waals surface area contributed by atoms with Crippen molar-refractivity contribution >= 4 is 0 Å². The van der Waals surface area contributed by atoms with E-state index in [0.717, 1.165) is 25.8 Å². The van der Waals surface area contributed by atoms with Crippen molar-refractivity contribution in [2.45, 2.75) is 44.2 Å². The van der Waals surface area contributed by atoms with Crippen LogP contribution in [0.1, 0.15) is 50.0 Å². The van der Waals surface area contributed by atoms with Gasteiger partial charge in [-0.05, 0) is 32.2 Å². The smallest absolute Gasteiger partial charge is 0.176 e. The van der Waals surface area contributed by atoms with Crippen LogP contribution in [0.5, 0.6) is 0 Å². The van der Waals surface area contributed by atoms with Gasteiger partial charge in [0.05, 0.1) is 12.4 Å². The van der Waals surface area contributed by atoms with E-state index in [1.165, 1.54) is 0 Å². The molecule has 0 radical (unpaired) electrons. The molecule has 0 saturated heterocycles. The van der Waals surface area contributed by atoms with Crippen molar-refractivity contribution < 1.29 is 0 Å². The number of hydrogen-bond donors (Lipinski definition) is 1. The molecule has 1 saturated carbocycles. The highest BCUT2D eigenvalue weighted by Crippen LogP contribution is 2.36. The fourth-order valence-electron chi connectivity index (χ4n) is 2.95. The lowest BCUT2D eigenvalue weighted by Gasteiger charge is -2.37. The van der Waals surface area contributed by atoms with Gasteiger partial charge in [-0.2, -0.15) is 15.8 Å². The van der Waals surface area contributed by atoms with Crippen molar-refractivity contribution in [3.05, 3.63) is 17.7 Å². The van der Waals surface area contributed by atoms with E-state index in [2.05, 4.69) is 16.4 Å². The van der Waals surface area contributed by atoms with Gasteiger partial charge in [-0.25, -0.2) is 4.98 Å². The normalized spacial score (nSPS) is 25.4. The van der Waals surface area contributed by atoms with E-state index in [9.17, 15) is 10.5 Å². The van der Waals surface area contributed by atoms with Crippen LogP contribution in [0, 0.1) is 34.0 Å². The second-order valence-corrected chi connectivity index (χ2v) is 5.05. The summed E-state index contributed by atoms with van der Waals surface area (Å²) in [6, 6.07) is 6.39. The van der Waals surface area contributed by atoms with Crippen molar-refractivity contribution in [1.29, 1.82) is 15.8 Å². The summed E-state index contributed by atoms with van der Waals surface area (Å²) in [6.45, 7) is 2.72. The topological polar surface area (TPSA) is 101 Å². The highest BCUT2D eigenvalue weighted by Gasteiger charge is 2.37. The largest absolute Gasteiger partial charge is 0.318 e. The molecule has 6 nitrogen and oxygen atoms in total. The minimum Gasteiger partial charge on any atom is -0.318 e. The van der Waals surface area contributed by atoms with Crippen LogP contribution < -0.4 is 5.32 Å². The summed E-state index contributed by atoms with van der Waals surface area (Å²) in [6.07, 6.45) is 4.80. The van der Waals surface area contributed by atoms with Gasteiger partial charge in [-0.3, -0.25) is 5.32 Å². The van der Waals surface area contributed by atoms with Crippen LogP contribution in [-0.2, 0) is 0 Å². The average molecular weight is 268 g/mol. The summed E-state index contributed by atoms with van der Waals surface area (Å²) in [4.78, 5) is 3.98. The van der Waals surface area contributed by atoms with Crippen molar-refractivity contribution in [2.24, 2.45) is 0 Å². The first kappa shape index (κ1) is 14.1. The summed E-state index contributed by atoms with van der Waals surface area (Å²) in [5, 5.41) is 30.9. The van der Waals surface area contributed by atoms with Crippen LogP contribution in [0.3, 0.4) is 0 Å². The summed E-state index contributed by atoms with van der Waals surface area (Å²) >= 11 is 0. The number of nitrogens with zero attached hydrogens (tertiary/aromatic N) is 5. The Labute approximate surface area is 118 Å². The Morgan fingerprint density at radius 3 is 2.85 bits per heavy atom. The van der Waals surface area contributed by atoms with Gasteiger partial charge in [0.1, 0.15) is 17.7 Å². The molecule has 0 amide bonds. The molecule has 1 aromatic rings. The molecule has 1 heterocycles. The Morgan fingerprint density at radius 2 is 2.25 bits per heavy atom. The zero-order valence-electron chi connectivity index (χ0n) is 11.4. The van der Waals surface area contributed by atoms with Gasteiger partial charge in [0.2, 0.25) is 0 Å². The van der Waals surface area contributed by atoms with Gasteiger partial charge in [0.25, 0.3) is 0 Å². The number of imidazole rings is 1. The molecular formula is C14H16N6. The first-order chi connectivity index (χ1) is 9.69. The van der Waals surface area contributed by atoms with Crippen molar-refractivity contribution in [2.75, 3.05) is 6.54 Å². The lowest BCUT2D eigenvalue weighted by Crippen LogP contribution is -2.47. The van der Waals surface area contributed by atoms with Crippen LogP contribution in [-0.4, -0.2) is 21.6 Å². The van der Waals surface area contributed by atoms with Gasteiger partial charge in [-0.15, -0.1) is 0 Å². The van der Waals surface area contributed by atoms with Crippen LogP contribution in [0.15, 0.2) is 6.33 Å². The first-order valence-electron chi connectivity index (χ1n) is 6.73. The highest BCUT2D eigenvalue weighted by molar-refractivity contribution is 5.36. The van der Waals surface area contributed by atoms with Gasteiger partial charge in [-0.1, -0.05) is 6.92 Å². The van der Waals surface area contributed by atoms with Crippen LogP contribution in [0.2, 0.25) is 0 Å². The van der Waals surface area contributed by atoms with Gasteiger partial charge < -0.3 is 4.57 Å². The number of rotatable bonds is 3. The third-order valence-corrected chi connectivity index (χ3v) is 3.85. The summed E-state index contributed by atoms with van der Waals surface area (Å²) in [5.41, 5.74) is -0.0895. The summed E-state index contributed by atoms with van der Waals surface area (Å²) in [7, 11) is 0. The lowest BCUT2D eigenvalue weighted by molar-refractivity contribution is 0.233. The molecule has 1 fully saturated rings. The molecule has 0 aromatic carbocycles. The molecule has 102 valence electrons. The van der Waals surface area contributed by atoms with Crippen LogP contribution in [0.25, 0.3) is 0 Å². The summed E-state index contributed by atoms with van der Waals surface area (Å²) < 4.78 is 1.75. The predicted molar refractivity (Wildman–Crippen MR) is 71.2 cm³/mol. The van der Waals surface area contributed by atoms with Crippen molar-refractivity contribution in [1.82, 2.24) is 14.9 Å². The van der Waals surface area contributed by atoms with E-state index in [1.54, 1.807) is 10.9 Å². The Morgan fingerprint density at radius 1 is 1.45 bits per heavy atom. The molecule has 1 aliphatic rings. The highest BCUT2D eigenvalue weighted by atomic mass is 15.1. The predicted octanol–water partition coefficient (Wildman–Crippen LogP) is 1.61. The fourth-order valence-corrected chi connectivity index (χ4v) is 2.95. The summed E-state index contributed by atoms with van der Waals surface area (Å²) in [5.74, 6) is 0. The Kier molecular flexibility index (Phi) is 4.03. The molecule has 2 unspecified atom stereocenters. The third kappa shape index (κ3) is 2.37. The molecule has 0 aliphatic heterocycles. The molecule has 1 aromatic heterocycles. The molecule has 2 rings (SSSR count). The van der Waals surface area contributed by atoms with E-state index >= 15 is 0 Å². The molecule has 6 heteroatoms. The minimum absolute atomic E-state index is 0.0340. The molecular weight excluding hydrogens is 252 g/mol. The second-order valence-electron chi connectivity index (χ2n) is 5.05. The Bertz CT molecular complexity index is 607. The zero-order valence-corrected chi connectivity index (χ0v) is 11.4. The first-order valence-corrected chi connectivity index (χ1v) is 6.73. The molecule has 0 bridgehead atoms. The average Bonchev–Trinajstić information content (AvgIpc) is 2.90. The second kappa shape index (κ2) is 5.74. The Hall–Kier alpha value is -2.36.